The first-order chi connectivity index (χ1) is 9.18. The van der Waals surface area contributed by atoms with E-state index in [4.69, 9.17) is 11.6 Å². The second-order valence-corrected chi connectivity index (χ2v) is 4.71. The summed E-state index contributed by atoms with van der Waals surface area (Å²) in [5.74, 6) is -1.43. The highest BCUT2D eigenvalue weighted by Crippen LogP contribution is 2.28. The van der Waals surface area contributed by atoms with Crippen molar-refractivity contribution in [3.05, 3.63) is 64.9 Å². The van der Waals surface area contributed by atoms with Gasteiger partial charge in [0.25, 0.3) is 0 Å². The molecule has 0 spiro atoms. The second kappa shape index (κ2) is 6.34. The van der Waals surface area contributed by atoms with Gasteiger partial charge in [0.2, 0.25) is 0 Å². The topological polar surface area (TPSA) is 50.2 Å². The Morgan fingerprint density at radius 1 is 1.21 bits per heavy atom. The fourth-order valence-corrected chi connectivity index (χ4v) is 2.30. The average Bonchev–Trinajstić information content (AvgIpc) is 2.42. The summed E-state index contributed by atoms with van der Waals surface area (Å²) in [5, 5.41) is 9.86. The number of carbonyl (C=O) groups is 1. The number of nitrogens with zero attached hydrogens (tertiary/aromatic N) is 1. The molecule has 3 nitrogen and oxygen atoms in total. The molecule has 2 aromatic rings. The summed E-state index contributed by atoms with van der Waals surface area (Å²) < 4.78 is 0. The summed E-state index contributed by atoms with van der Waals surface area (Å²) in [5.41, 5.74) is 1.75. The van der Waals surface area contributed by atoms with E-state index in [9.17, 15) is 9.90 Å². The molecule has 1 aromatic carbocycles. The van der Waals surface area contributed by atoms with Crippen LogP contribution < -0.4 is 0 Å². The predicted molar refractivity (Wildman–Crippen MR) is 74.4 cm³/mol. The summed E-state index contributed by atoms with van der Waals surface area (Å²) in [6, 6.07) is 10.9. The summed E-state index contributed by atoms with van der Waals surface area (Å²) in [7, 11) is 0. The molecule has 4 heteroatoms. The van der Waals surface area contributed by atoms with Crippen molar-refractivity contribution >= 4 is 17.6 Å². The fraction of sp³-hybridized carbons (Fsp3) is 0.200. The first-order valence-corrected chi connectivity index (χ1v) is 6.42. The molecule has 98 valence electrons. The van der Waals surface area contributed by atoms with Gasteiger partial charge in [0, 0.05) is 17.4 Å². The maximum absolute atomic E-state index is 11.4. The van der Waals surface area contributed by atoms with Crippen LogP contribution in [0, 0.1) is 0 Å². The summed E-state index contributed by atoms with van der Waals surface area (Å²) >= 11 is 6.07. The van der Waals surface area contributed by atoms with Crippen LogP contribution >= 0.6 is 11.6 Å². The highest BCUT2D eigenvalue weighted by Gasteiger charge is 2.21. The number of carboxylic acid groups (broad SMARTS) is 1. The van der Waals surface area contributed by atoms with Crippen LogP contribution in [0.3, 0.4) is 0 Å². The summed E-state index contributed by atoms with van der Waals surface area (Å²) in [6.45, 7) is 0. The van der Waals surface area contributed by atoms with Gasteiger partial charge in [-0.1, -0.05) is 29.8 Å². The lowest BCUT2D eigenvalue weighted by atomic mass is 9.92. The molecular weight excluding hydrogens is 262 g/mol. The zero-order chi connectivity index (χ0) is 13.7. The Morgan fingerprint density at radius 3 is 2.53 bits per heavy atom. The number of aliphatic carboxylic acids is 1. The summed E-state index contributed by atoms with van der Waals surface area (Å²) in [6.07, 6.45) is 4.62. The Kier molecular flexibility index (Phi) is 4.53. The molecule has 0 radical (unpaired) electrons. The normalized spacial score (nSPS) is 12.1. The monoisotopic (exact) mass is 275 g/mol. The largest absolute Gasteiger partial charge is 0.481 e. The molecule has 1 atom stereocenters. The van der Waals surface area contributed by atoms with E-state index in [-0.39, 0.29) is 0 Å². The minimum atomic E-state index is -0.845. The number of pyridine rings is 1. The van der Waals surface area contributed by atoms with Gasteiger partial charge in [0.15, 0.2) is 0 Å². The van der Waals surface area contributed by atoms with Gasteiger partial charge >= 0.3 is 5.97 Å². The van der Waals surface area contributed by atoms with Gasteiger partial charge < -0.3 is 5.11 Å². The van der Waals surface area contributed by atoms with Crippen molar-refractivity contribution in [2.75, 3.05) is 0 Å². The first-order valence-electron chi connectivity index (χ1n) is 6.04. The van der Waals surface area contributed by atoms with Gasteiger partial charge in [-0.3, -0.25) is 9.78 Å². The Labute approximate surface area is 116 Å². The molecule has 0 saturated carbocycles. The number of hydrogen-bond donors (Lipinski definition) is 1. The van der Waals surface area contributed by atoms with Crippen molar-refractivity contribution in [2.45, 2.75) is 18.8 Å². The van der Waals surface area contributed by atoms with Crippen molar-refractivity contribution in [1.29, 1.82) is 0 Å². The van der Waals surface area contributed by atoms with E-state index >= 15 is 0 Å². The number of aromatic nitrogens is 1. The summed E-state index contributed by atoms with van der Waals surface area (Å²) in [4.78, 5) is 15.3. The van der Waals surface area contributed by atoms with Crippen LogP contribution in [0.2, 0.25) is 5.02 Å². The van der Waals surface area contributed by atoms with Crippen molar-refractivity contribution in [1.82, 2.24) is 4.98 Å². The standard InChI is InChI=1S/C15H14ClNO2/c16-14-4-2-1-3-12(14)13(15(18)19)6-5-11-7-9-17-10-8-11/h1-4,7-10,13H,5-6H2,(H,18,19). The fourth-order valence-electron chi connectivity index (χ4n) is 2.03. The van der Waals surface area contributed by atoms with Crippen LogP contribution in [-0.4, -0.2) is 16.1 Å². The third-order valence-electron chi connectivity index (χ3n) is 3.05. The maximum atomic E-state index is 11.4. The molecule has 0 aliphatic heterocycles. The molecular formula is C15H14ClNO2. The molecule has 0 saturated heterocycles. The molecule has 0 fully saturated rings. The van der Waals surface area contributed by atoms with Gasteiger partial charge in [-0.05, 0) is 42.2 Å². The molecule has 1 aromatic heterocycles. The minimum Gasteiger partial charge on any atom is -0.481 e. The van der Waals surface area contributed by atoms with E-state index in [1.54, 1.807) is 30.6 Å². The predicted octanol–water partition coefficient (Wildman–Crippen LogP) is 3.54. The van der Waals surface area contributed by atoms with Gasteiger partial charge in [-0.2, -0.15) is 0 Å². The molecule has 1 heterocycles. The van der Waals surface area contributed by atoms with Gasteiger partial charge in [-0.25, -0.2) is 0 Å². The van der Waals surface area contributed by atoms with E-state index in [0.717, 1.165) is 5.56 Å². The van der Waals surface area contributed by atoms with Crippen LogP contribution in [0.25, 0.3) is 0 Å². The first kappa shape index (κ1) is 13.6. The van der Waals surface area contributed by atoms with Gasteiger partial charge in [0.05, 0.1) is 5.92 Å². The zero-order valence-electron chi connectivity index (χ0n) is 10.3. The van der Waals surface area contributed by atoms with Crippen LogP contribution in [0.4, 0.5) is 0 Å². The van der Waals surface area contributed by atoms with E-state index in [2.05, 4.69) is 4.98 Å². The van der Waals surface area contributed by atoms with E-state index in [1.165, 1.54) is 0 Å². The third-order valence-corrected chi connectivity index (χ3v) is 3.39. The number of aryl methyl sites for hydroxylation is 1. The number of hydrogen-bond acceptors (Lipinski definition) is 2. The number of rotatable bonds is 5. The van der Waals surface area contributed by atoms with Gasteiger partial charge in [0.1, 0.15) is 0 Å². The number of halogens is 1. The lowest BCUT2D eigenvalue weighted by molar-refractivity contribution is -0.138. The van der Waals surface area contributed by atoms with Crippen molar-refractivity contribution in [3.8, 4) is 0 Å². The van der Waals surface area contributed by atoms with E-state index < -0.39 is 11.9 Å². The van der Waals surface area contributed by atoms with Crippen LogP contribution in [0.5, 0.6) is 0 Å². The average molecular weight is 276 g/mol. The molecule has 0 bridgehead atoms. The lowest BCUT2D eigenvalue weighted by Crippen LogP contribution is -2.13. The maximum Gasteiger partial charge on any atom is 0.311 e. The molecule has 0 aliphatic rings. The molecule has 19 heavy (non-hydrogen) atoms. The Bertz CT molecular complexity index is 557. The van der Waals surface area contributed by atoms with Gasteiger partial charge in [-0.15, -0.1) is 0 Å². The Balaban J connectivity index is 2.14. The van der Waals surface area contributed by atoms with Crippen molar-refractivity contribution < 1.29 is 9.90 Å². The van der Waals surface area contributed by atoms with E-state index in [0.29, 0.717) is 23.4 Å². The van der Waals surface area contributed by atoms with E-state index in [1.807, 2.05) is 18.2 Å². The van der Waals surface area contributed by atoms with Crippen molar-refractivity contribution in [3.63, 3.8) is 0 Å². The highest BCUT2D eigenvalue weighted by molar-refractivity contribution is 6.31. The molecule has 0 aliphatic carbocycles. The smallest absolute Gasteiger partial charge is 0.311 e. The Morgan fingerprint density at radius 2 is 1.89 bits per heavy atom. The third kappa shape index (κ3) is 3.55. The van der Waals surface area contributed by atoms with Crippen LogP contribution in [0.15, 0.2) is 48.8 Å². The van der Waals surface area contributed by atoms with Crippen molar-refractivity contribution in [2.24, 2.45) is 0 Å². The Hall–Kier alpha value is -1.87. The number of benzene rings is 1. The van der Waals surface area contributed by atoms with Crippen LogP contribution in [0.1, 0.15) is 23.5 Å². The number of carboxylic acids is 1. The zero-order valence-corrected chi connectivity index (χ0v) is 11.0. The van der Waals surface area contributed by atoms with Crippen LogP contribution in [-0.2, 0) is 11.2 Å². The lowest BCUT2D eigenvalue weighted by Gasteiger charge is -2.14. The molecule has 1 N–H and O–H groups in total. The quantitative estimate of drug-likeness (QED) is 0.908. The molecule has 0 amide bonds. The highest BCUT2D eigenvalue weighted by atomic mass is 35.5. The SMILES string of the molecule is O=C(O)C(CCc1ccncc1)c1ccccc1Cl. The minimum absolute atomic E-state index is 0.504. The molecule has 1 unspecified atom stereocenters. The molecule has 2 rings (SSSR count). The second-order valence-electron chi connectivity index (χ2n) is 4.31.